The number of rotatable bonds is 5. The fourth-order valence-electron chi connectivity index (χ4n) is 3.91. The molecule has 0 saturated heterocycles. The summed E-state index contributed by atoms with van der Waals surface area (Å²) in [6.07, 6.45) is 1.96. The van der Waals surface area contributed by atoms with Crippen LogP contribution in [0.3, 0.4) is 0 Å². The number of fused-ring (bicyclic) bond motifs is 2. The number of carbonyl (C=O) groups is 2. The molecule has 4 aromatic rings. The second-order valence-electron chi connectivity index (χ2n) is 7.72. The summed E-state index contributed by atoms with van der Waals surface area (Å²) in [5, 5.41) is 1.77. The van der Waals surface area contributed by atoms with Gasteiger partial charge in [0.05, 0.1) is 24.6 Å². The lowest BCUT2D eigenvalue weighted by Gasteiger charge is -2.20. The first kappa shape index (κ1) is 21.4. The molecule has 0 atom stereocenters. The van der Waals surface area contributed by atoms with Crippen molar-refractivity contribution in [2.45, 2.75) is 26.7 Å². The molecule has 0 N–H and O–H groups in total. The Bertz CT molecular complexity index is 1410. The van der Waals surface area contributed by atoms with E-state index in [0.29, 0.717) is 28.0 Å². The molecule has 1 amide bonds. The van der Waals surface area contributed by atoms with Crippen molar-refractivity contribution in [1.82, 2.24) is 0 Å². The topological polar surface area (TPSA) is 90.0 Å². The molecule has 164 valence electrons. The van der Waals surface area contributed by atoms with E-state index >= 15 is 0 Å². The number of esters is 1. The van der Waals surface area contributed by atoms with Crippen molar-refractivity contribution in [3.05, 3.63) is 75.3 Å². The lowest BCUT2D eigenvalue weighted by Crippen LogP contribution is -2.29. The van der Waals surface area contributed by atoms with E-state index in [1.165, 1.54) is 12.0 Å². The van der Waals surface area contributed by atoms with Crippen LogP contribution in [0.15, 0.2) is 56.3 Å². The van der Waals surface area contributed by atoms with Crippen molar-refractivity contribution in [3.8, 4) is 0 Å². The number of hydrogen-bond donors (Lipinski definition) is 0. The molecule has 2 aromatic carbocycles. The number of benzene rings is 2. The maximum Gasteiger partial charge on any atom is 0.339 e. The van der Waals surface area contributed by atoms with Crippen LogP contribution in [0.2, 0.25) is 0 Å². The third-order valence-corrected chi connectivity index (χ3v) is 5.81. The van der Waals surface area contributed by atoms with Crippen molar-refractivity contribution >= 4 is 39.5 Å². The van der Waals surface area contributed by atoms with E-state index in [4.69, 9.17) is 13.6 Å². The van der Waals surface area contributed by atoms with Crippen LogP contribution in [-0.2, 0) is 16.0 Å². The number of para-hydroxylation sites is 1. The molecule has 0 radical (unpaired) electrons. The highest BCUT2D eigenvalue weighted by Crippen LogP contribution is 2.29. The van der Waals surface area contributed by atoms with Crippen LogP contribution >= 0.6 is 0 Å². The van der Waals surface area contributed by atoms with Crippen LogP contribution in [0.1, 0.15) is 33.5 Å². The Balaban J connectivity index is 1.62. The second-order valence-corrected chi connectivity index (χ2v) is 7.72. The minimum Gasteiger partial charge on any atom is -0.465 e. The Kier molecular flexibility index (Phi) is 5.57. The van der Waals surface area contributed by atoms with Crippen LogP contribution in [0, 0.1) is 13.8 Å². The van der Waals surface area contributed by atoms with Crippen LogP contribution in [0.5, 0.6) is 0 Å². The maximum absolute atomic E-state index is 12.9. The lowest BCUT2D eigenvalue weighted by molar-refractivity contribution is -0.118. The van der Waals surface area contributed by atoms with Gasteiger partial charge in [-0.25, -0.2) is 9.59 Å². The monoisotopic (exact) mass is 433 g/mol. The van der Waals surface area contributed by atoms with E-state index < -0.39 is 11.6 Å². The van der Waals surface area contributed by atoms with Gasteiger partial charge in [0.15, 0.2) is 0 Å². The number of anilines is 1. The van der Waals surface area contributed by atoms with E-state index in [9.17, 15) is 14.4 Å². The molecule has 0 aliphatic rings. The number of aryl methyl sites for hydroxylation is 2. The van der Waals surface area contributed by atoms with Gasteiger partial charge in [-0.3, -0.25) is 4.79 Å². The van der Waals surface area contributed by atoms with Crippen molar-refractivity contribution in [1.29, 1.82) is 0 Å². The van der Waals surface area contributed by atoms with Crippen LogP contribution in [0.4, 0.5) is 5.69 Å². The van der Waals surface area contributed by atoms with Gasteiger partial charge in [-0.1, -0.05) is 12.1 Å². The quantitative estimate of drug-likeness (QED) is 0.339. The Morgan fingerprint density at radius 1 is 1.06 bits per heavy atom. The Morgan fingerprint density at radius 2 is 1.81 bits per heavy atom. The molecule has 0 fully saturated rings. The molecule has 2 heterocycles. The number of furan rings is 1. The van der Waals surface area contributed by atoms with Crippen LogP contribution < -0.4 is 10.5 Å². The highest BCUT2D eigenvalue weighted by molar-refractivity contribution is 6.02. The minimum absolute atomic E-state index is 0.0795. The molecule has 0 aliphatic carbocycles. The zero-order valence-corrected chi connectivity index (χ0v) is 18.4. The van der Waals surface area contributed by atoms with E-state index in [2.05, 4.69) is 0 Å². The summed E-state index contributed by atoms with van der Waals surface area (Å²) in [6.45, 7) is 3.81. The molecular weight excluding hydrogens is 410 g/mol. The number of hydrogen-bond acceptors (Lipinski definition) is 6. The highest BCUT2D eigenvalue weighted by Gasteiger charge is 2.20. The molecule has 2 aromatic heterocycles. The van der Waals surface area contributed by atoms with Crippen molar-refractivity contribution in [2.75, 3.05) is 19.1 Å². The maximum atomic E-state index is 12.9. The molecule has 0 aliphatic heterocycles. The van der Waals surface area contributed by atoms with Crippen LogP contribution in [0.25, 0.3) is 21.9 Å². The van der Waals surface area contributed by atoms with E-state index in [1.54, 1.807) is 43.6 Å². The molecular formula is C25H23NO6. The fourth-order valence-corrected chi connectivity index (χ4v) is 3.91. The van der Waals surface area contributed by atoms with Gasteiger partial charge in [0.25, 0.3) is 0 Å². The fraction of sp³-hybridized carbons (Fsp3) is 0.240. The SMILES string of the molecule is COC(=O)c1ccccc1N(C)C(=O)CCc1c(C)c2cc3c(C)coc3cc2oc1=O. The first-order chi connectivity index (χ1) is 15.3. The van der Waals surface area contributed by atoms with Crippen molar-refractivity contribution in [3.63, 3.8) is 0 Å². The number of ether oxygens (including phenoxy) is 1. The Morgan fingerprint density at radius 3 is 2.56 bits per heavy atom. The van der Waals surface area contributed by atoms with E-state index in [1.807, 2.05) is 19.9 Å². The highest BCUT2D eigenvalue weighted by atomic mass is 16.5. The average molecular weight is 433 g/mol. The van der Waals surface area contributed by atoms with Gasteiger partial charge in [-0.2, -0.15) is 0 Å². The predicted octanol–water partition coefficient (Wildman–Crippen LogP) is 4.54. The normalized spacial score (nSPS) is 11.1. The van der Waals surface area contributed by atoms with Gasteiger partial charge in [-0.15, -0.1) is 0 Å². The third-order valence-electron chi connectivity index (χ3n) is 5.81. The number of methoxy groups -OCH3 is 1. The third kappa shape index (κ3) is 3.66. The van der Waals surface area contributed by atoms with Crippen molar-refractivity contribution < 1.29 is 23.2 Å². The number of amides is 1. The first-order valence-electron chi connectivity index (χ1n) is 10.2. The summed E-state index contributed by atoms with van der Waals surface area (Å²) >= 11 is 0. The molecule has 7 nitrogen and oxygen atoms in total. The summed E-state index contributed by atoms with van der Waals surface area (Å²) in [5.74, 6) is -0.756. The molecule has 0 saturated carbocycles. The van der Waals surface area contributed by atoms with Gasteiger partial charge in [0, 0.05) is 35.9 Å². The predicted molar refractivity (Wildman–Crippen MR) is 121 cm³/mol. The summed E-state index contributed by atoms with van der Waals surface area (Å²) in [6, 6.07) is 10.4. The molecule has 32 heavy (non-hydrogen) atoms. The van der Waals surface area contributed by atoms with Crippen LogP contribution in [-0.4, -0.2) is 26.0 Å². The number of carbonyl (C=O) groups excluding carboxylic acids is 2. The molecule has 7 heteroatoms. The molecule has 0 spiro atoms. The van der Waals surface area contributed by atoms with E-state index in [-0.39, 0.29) is 18.7 Å². The summed E-state index contributed by atoms with van der Waals surface area (Å²) in [5.41, 5.74) is 3.62. The average Bonchev–Trinajstić information content (AvgIpc) is 3.16. The second kappa shape index (κ2) is 8.34. The first-order valence-corrected chi connectivity index (χ1v) is 10.2. The Hall–Kier alpha value is -3.87. The summed E-state index contributed by atoms with van der Waals surface area (Å²) in [7, 11) is 2.89. The number of nitrogens with zero attached hydrogens (tertiary/aromatic N) is 1. The molecule has 4 rings (SSSR count). The zero-order chi connectivity index (χ0) is 23.0. The molecule has 0 bridgehead atoms. The largest absolute Gasteiger partial charge is 0.465 e. The van der Waals surface area contributed by atoms with Gasteiger partial charge >= 0.3 is 11.6 Å². The minimum atomic E-state index is -0.521. The van der Waals surface area contributed by atoms with Crippen molar-refractivity contribution in [2.24, 2.45) is 0 Å². The van der Waals surface area contributed by atoms with Gasteiger partial charge in [-0.05, 0) is 49.6 Å². The lowest BCUT2D eigenvalue weighted by atomic mass is 10.0. The summed E-state index contributed by atoms with van der Waals surface area (Å²) < 4.78 is 15.8. The summed E-state index contributed by atoms with van der Waals surface area (Å²) in [4.78, 5) is 39.0. The Labute approximate surface area is 184 Å². The smallest absolute Gasteiger partial charge is 0.339 e. The van der Waals surface area contributed by atoms with Gasteiger partial charge in [0.2, 0.25) is 5.91 Å². The molecule has 0 unspecified atom stereocenters. The van der Waals surface area contributed by atoms with Gasteiger partial charge < -0.3 is 18.5 Å². The standard InChI is InChI=1S/C25H23NO6/c1-14-13-31-21-12-22-19(11-18(14)21)15(2)16(25(29)32-22)9-10-23(27)26(3)20-8-6-5-7-17(20)24(28)30-4/h5-8,11-13H,9-10H2,1-4H3. The van der Waals surface area contributed by atoms with E-state index in [0.717, 1.165) is 21.9 Å². The zero-order valence-electron chi connectivity index (χ0n) is 18.4. The van der Waals surface area contributed by atoms with Gasteiger partial charge in [0.1, 0.15) is 11.2 Å².